The molecule has 92 valence electrons. The Morgan fingerprint density at radius 2 is 1.94 bits per heavy atom. The fourth-order valence-electron chi connectivity index (χ4n) is 1.08. The van der Waals surface area contributed by atoms with Crippen molar-refractivity contribution >= 4 is 17.3 Å². The second-order valence-electron chi connectivity index (χ2n) is 3.25. The molecule has 2 N–H and O–H groups in total. The molecular formula is C9H8F2N2O4. The van der Waals surface area contributed by atoms with E-state index in [9.17, 15) is 23.7 Å². The van der Waals surface area contributed by atoms with Crippen LogP contribution < -0.4 is 5.32 Å². The Kier molecular flexibility index (Phi) is 3.56. The zero-order chi connectivity index (χ0) is 13.2. The van der Waals surface area contributed by atoms with E-state index in [1.54, 1.807) is 0 Å². The molecule has 0 aliphatic carbocycles. The molecule has 0 amide bonds. The Balaban J connectivity index is 3.10. The van der Waals surface area contributed by atoms with Crippen LogP contribution in [0.2, 0.25) is 0 Å². The van der Waals surface area contributed by atoms with Gasteiger partial charge in [0.05, 0.1) is 17.1 Å². The highest BCUT2D eigenvalue weighted by molar-refractivity contribution is 5.77. The number of nitro benzene ring substituents is 1. The van der Waals surface area contributed by atoms with Crippen LogP contribution in [0.25, 0.3) is 0 Å². The largest absolute Gasteiger partial charge is 0.480 e. The first-order chi connectivity index (χ1) is 7.82. The number of halogens is 2. The summed E-state index contributed by atoms with van der Waals surface area (Å²) in [7, 11) is 0. The first-order valence-electron chi connectivity index (χ1n) is 4.45. The Morgan fingerprint density at radius 3 is 2.29 bits per heavy atom. The summed E-state index contributed by atoms with van der Waals surface area (Å²) in [5, 5.41) is 20.9. The Morgan fingerprint density at radius 1 is 1.47 bits per heavy atom. The number of nitro groups is 1. The van der Waals surface area contributed by atoms with Gasteiger partial charge in [-0.3, -0.25) is 14.9 Å². The minimum absolute atomic E-state index is 0.514. The predicted octanol–water partition coefficient (Wildman–Crippen LogP) is 1.76. The van der Waals surface area contributed by atoms with Crippen LogP contribution in [-0.2, 0) is 4.79 Å². The molecule has 0 heterocycles. The highest BCUT2D eigenvalue weighted by atomic mass is 19.1. The molecule has 1 aromatic carbocycles. The summed E-state index contributed by atoms with van der Waals surface area (Å²) in [6.07, 6.45) is 0. The number of carboxylic acids is 1. The number of hydrogen-bond acceptors (Lipinski definition) is 4. The summed E-state index contributed by atoms with van der Waals surface area (Å²) < 4.78 is 26.6. The molecule has 0 aromatic heterocycles. The van der Waals surface area contributed by atoms with Crippen molar-refractivity contribution in [1.29, 1.82) is 0 Å². The molecule has 0 radical (unpaired) electrons. The molecule has 1 unspecified atom stereocenters. The maximum absolute atomic E-state index is 13.3. The van der Waals surface area contributed by atoms with Gasteiger partial charge in [-0.1, -0.05) is 0 Å². The van der Waals surface area contributed by atoms with Crippen LogP contribution in [0.1, 0.15) is 6.92 Å². The van der Waals surface area contributed by atoms with Crippen molar-refractivity contribution in [3.05, 3.63) is 33.9 Å². The monoisotopic (exact) mass is 246 g/mol. The third-order valence-corrected chi connectivity index (χ3v) is 1.97. The number of nitrogens with one attached hydrogen (secondary N) is 1. The first-order valence-corrected chi connectivity index (χ1v) is 4.45. The second kappa shape index (κ2) is 4.73. The van der Waals surface area contributed by atoms with E-state index >= 15 is 0 Å². The van der Waals surface area contributed by atoms with E-state index < -0.39 is 39.9 Å². The van der Waals surface area contributed by atoms with Crippen LogP contribution in [0.4, 0.5) is 20.2 Å². The summed E-state index contributed by atoms with van der Waals surface area (Å²) in [4.78, 5) is 19.8. The molecule has 17 heavy (non-hydrogen) atoms. The number of rotatable bonds is 4. The van der Waals surface area contributed by atoms with Crippen molar-refractivity contribution in [2.45, 2.75) is 13.0 Å². The molecule has 0 bridgehead atoms. The van der Waals surface area contributed by atoms with Gasteiger partial charge in [-0.05, 0) is 6.92 Å². The van der Waals surface area contributed by atoms with Crippen molar-refractivity contribution in [2.24, 2.45) is 0 Å². The molecular weight excluding hydrogens is 238 g/mol. The predicted molar refractivity (Wildman–Crippen MR) is 53.7 cm³/mol. The van der Waals surface area contributed by atoms with Gasteiger partial charge in [0.2, 0.25) is 0 Å². The van der Waals surface area contributed by atoms with Crippen molar-refractivity contribution in [3.8, 4) is 0 Å². The van der Waals surface area contributed by atoms with Crippen LogP contribution in [0, 0.1) is 21.7 Å². The standard InChI is InChI=1S/C9H8F2N2O4/c1-4(9(14)15)12-8-6(10)2-5(13(16)17)3-7(8)11/h2-4,12H,1H3,(H,14,15). The zero-order valence-electron chi connectivity index (χ0n) is 8.61. The maximum Gasteiger partial charge on any atom is 0.325 e. The van der Waals surface area contributed by atoms with Gasteiger partial charge in [-0.15, -0.1) is 0 Å². The van der Waals surface area contributed by atoms with E-state index in [2.05, 4.69) is 5.32 Å². The molecule has 0 saturated carbocycles. The third kappa shape index (κ3) is 2.86. The van der Waals surface area contributed by atoms with Gasteiger partial charge in [0.25, 0.3) is 5.69 Å². The SMILES string of the molecule is CC(Nc1c(F)cc([N+](=O)[O-])cc1F)C(=O)O. The number of benzene rings is 1. The lowest BCUT2D eigenvalue weighted by molar-refractivity contribution is -0.385. The average Bonchev–Trinajstić information content (AvgIpc) is 2.22. The van der Waals surface area contributed by atoms with E-state index in [1.165, 1.54) is 6.92 Å². The van der Waals surface area contributed by atoms with Crippen LogP contribution in [0.15, 0.2) is 12.1 Å². The van der Waals surface area contributed by atoms with Gasteiger partial charge >= 0.3 is 5.97 Å². The van der Waals surface area contributed by atoms with Gasteiger partial charge in [0, 0.05) is 0 Å². The lowest BCUT2D eigenvalue weighted by Gasteiger charge is -2.12. The van der Waals surface area contributed by atoms with Gasteiger partial charge in [-0.25, -0.2) is 8.78 Å². The highest BCUT2D eigenvalue weighted by Crippen LogP contribution is 2.25. The molecule has 0 spiro atoms. The van der Waals surface area contributed by atoms with Crippen molar-refractivity contribution in [3.63, 3.8) is 0 Å². The van der Waals surface area contributed by atoms with Gasteiger partial charge < -0.3 is 10.4 Å². The summed E-state index contributed by atoms with van der Waals surface area (Å²) in [6, 6.07) is -0.194. The quantitative estimate of drug-likeness (QED) is 0.623. The third-order valence-electron chi connectivity index (χ3n) is 1.97. The van der Waals surface area contributed by atoms with E-state index in [4.69, 9.17) is 5.11 Å². The normalized spacial score (nSPS) is 11.9. The summed E-state index contributed by atoms with van der Waals surface area (Å²) >= 11 is 0. The number of anilines is 1. The number of carboxylic acid groups (broad SMARTS) is 1. The molecule has 0 aliphatic heterocycles. The van der Waals surface area contributed by atoms with Crippen LogP contribution in [-0.4, -0.2) is 22.0 Å². The lowest BCUT2D eigenvalue weighted by atomic mass is 10.2. The summed E-state index contributed by atoms with van der Waals surface area (Å²) in [6.45, 7) is 1.18. The summed E-state index contributed by atoms with van der Waals surface area (Å²) in [5.74, 6) is -3.74. The topological polar surface area (TPSA) is 92.5 Å². The van der Waals surface area contributed by atoms with Crippen LogP contribution >= 0.6 is 0 Å². The molecule has 6 nitrogen and oxygen atoms in total. The molecule has 0 aliphatic rings. The number of carbonyl (C=O) groups is 1. The highest BCUT2D eigenvalue weighted by Gasteiger charge is 2.20. The van der Waals surface area contributed by atoms with E-state index in [-0.39, 0.29) is 0 Å². The number of nitrogens with zero attached hydrogens (tertiary/aromatic N) is 1. The van der Waals surface area contributed by atoms with E-state index in [0.29, 0.717) is 12.1 Å². The molecule has 1 atom stereocenters. The van der Waals surface area contributed by atoms with Gasteiger partial charge in [-0.2, -0.15) is 0 Å². The molecule has 0 fully saturated rings. The fourth-order valence-corrected chi connectivity index (χ4v) is 1.08. The van der Waals surface area contributed by atoms with Gasteiger partial charge in [0.15, 0.2) is 11.6 Å². The van der Waals surface area contributed by atoms with Crippen LogP contribution in [0.5, 0.6) is 0 Å². The minimum Gasteiger partial charge on any atom is -0.480 e. The second-order valence-corrected chi connectivity index (χ2v) is 3.25. The van der Waals surface area contributed by atoms with Crippen molar-refractivity contribution < 1.29 is 23.6 Å². The van der Waals surface area contributed by atoms with E-state index in [1.807, 2.05) is 0 Å². The van der Waals surface area contributed by atoms with Crippen LogP contribution in [0.3, 0.4) is 0 Å². The van der Waals surface area contributed by atoms with Crippen molar-refractivity contribution in [1.82, 2.24) is 0 Å². The average molecular weight is 246 g/mol. The Bertz CT molecular complexity index is 455. The molecule has 1 aromatic rings. The number of non-ortho nitro benzene ring substituents is 1. The summed E-state index contributed by atoms with van der Waals surface area (Å²) in [5.41, 5.74) is -1.45. The maximum atomic E-state index is 13.3. The molecule has 0 saturated heterocycles. The lowest BCUT2D eigenvalue weighted by Crippen LogP contribution is -2.26. The molecule has 1 rings (SSSR count). The van der Waals surface area contributed by atoms with Gasteiger partial charge in [0.1, 0.15) is 11.7 Å². The molecule has 8 heteroatoms. The Labute approximate surface area is 94.0 Å². The number of aliphatic carboxylic acids is 1. The smallest absolute Gasteiger partial charge is 0.325 e. The first kappa shape index (κ1) is 12.8. The van der Waals surface area contributed by atoms with E-state index in [0.717, 1.165) is 0 Å². The minimum atomic E-state index is -1.30. The fraction of sp³-hybridized carbons (Fsp3) is 0.222. The van der Waals surface area contributed by atoms with Crippen molar-refractivity contribution in [2.75, 3.05) is 5.32 Å². The Hall–Kier alpha value is -2.25. The zero-order valence-corrected chi connectivity index (χ0v) is 8.61. The number of hydrogen-bond donors (Lipinski definition) is 2.